The molecule has 2 heterocycles. The molecule has 5 nitrogen and oxygen atoms in total. The number of pyridine rings is 1. The molecule has 1 unspecified atom stereocenters. The van der Waals surface area contributed by atoms with Gasteiger partial charge in [0.15, 0.2) is 5.65 Å². The molecule has 5 heteroatoms. The standard InChI is InChI=1S/C12H18N4O/c1-9(2)10(13-3)8-16-12(17)15-7-5-4-6-11(15)14-16/h4-7,9-10,13H,8H2,1-3H3. The lowest BCUT2D eigenvalue weighted by Crippen LogP contribution is -2.38. The van der Waals surface area contributed by atoms with Crippen LogP contribution in [0.4, 0.5) is 0 Å². The average molecular weight is 234 g/mol. The first-order valence-corrected chi connectivity index (χ1v) is 5.85. The molecule has 17 heavy (non-hydrogen) atoms. The van der Waals surface area contributed by atoms with Crippen molar-refractivity contribution in [3.05, 3.63) is 34.9 Å². The first-order valence-electron chi connectivity index (χ1n) is 5.85. The minimum atomic E-state index is -0.0819. The molecule has 0 radical (unpaired) electrons. The van der Waals surface area contributed by atoms with E-state index in [0.717, 1.165) is 0 Å². The molecule has 0 aromatic carbocycles. The highest BCUT2D eigenvalue weighted by Gasteiger charge is 2.14. The molecular formula is C12H18N4O. The third-order valence-corrected chi connectivity index (χ3v) is 3.03. The second-order valence-electron chi connectivity index (χ2n) is 4.53. The van der Waals surface area contributed by atoms with E-state index < -0.39 is 0 Å². The maximum atomic E-state index is 12.0. The van der Waals surface area contributed by atoms with Crippen LogP contribution in [0.5, 0.6) is 0 Å². The molecule has 2 aromatic heterocycles. The van der Waals surface area contributed by atoms with Crippen LogP contribution in [-0.2, 0) is 6.54 Å². The Bertz CT molecular complexity index is 555. The molecule has 1 N–H and O–H groups in total. The van der Waals surface area contributed by atoms with Crippen molar-refractivity contribution in [2.24, 2.45) is 5.92 Å². The van der Waals surface area contributed by atoms with Gasteiger partial charge in [-0.3, -0.25) is 4.40 Å². The summed E-state index contributed by atoms with van der Waals surface area (Å²) in [6.07, 6.45) is 1.74. The van der Waals surface area contributed by atoms with Crippen molar-refractivity contribution in [3.8, 4) is 0 Å². The maximum absolute atomic E-state index is 12.0. The molecule has 1 atom stereocenters. The Morgan fingerprint density at radius 2 is 2.18 bits per heavy atom. The number of nitrogens with one attached hydrogen (secondary N) is 1. The lowest BCUT2D eigenvalue weighted by molar-refractivity contribution is 0.358. The van der Waals surface area contributed by atoms with Gasteiger partial charge < -0.3 is 5.32 Å². The van der Waals surface area contributed by atoms with Gasteiger partial charge in [-0.2, -0.15) is 0 Å². The van der Waals surface area contributed by atoms with E-state index >= 15 is 0 Å². The minimum absolute atomic E-state index is 0.0819. The summed E-state index contributed by atoms with van der Waals surface area (Å²) in [5.74, 6) is 0.455. The first kappa shape index (κ1) is 11.9. The van der Waals surface area contributed by atoms with Crippen molar-refractivity contribution in [3.63, 3.8) is 0 Å². The number of hydrogen-bond acceptors (Lipinski definition) is 3. The zero-order valence-corrected chi connectivity index (χ0v) is 10.4. The first-order chi connectivity index (χ1) is 8.13. The molecule has 92 valence electrons. The highest BCUT2D eigenvalue weighted by molar-refractivity contribution is 5.35. The van der Waals surface area contributed by atoms with Crippen molar-refractivity contribution in [2.45, 2.75) is 26.4 Å². The van der Waals surface area contributed by atoms with E-state index in [0.29, 0.717) is 18.1 Å². The highest BCUT2D eigenvalue weighted by atomic mass is 16.2. The molecule has 0 aliphatic rings. The zero-order valence-electron chi connectivity index (χ0n) is 10.4. The summed E-state index contributed by atoms with van der Waals surface area (Å²) in [7, 11) is 1.91. The van der Waals surface area contributed by atoms with Crippen LogP contribution in [0.15, 0.2) is 29.2 Å². The summed E-state index contributed by atoms with van der Waals surface area (Å²) < 4.78 is 3.09. The van der Waals surface area contributed by atoms with E-state index in [-0.39, 0.29) is 11.7 Å². The van der Waals surface area contributed by atoms with Gasteiger partial charge >= 0.3 is 5.69 Å². The quantitative estimate of drug-likeness (QED) is 0.849. The normalized spacial score (nSPS) is 13.4. The van der Waals surface area contributed by atoms with Gasteiger partial charge in [-0.1, -0.05) is 19.9 Å². The fourth-order valence-corrected chi connectivity index (χ4v) is 1.91. The van der Waals surface area contributed by atoms with E-state index in [1.165, 1.54) is 4.68 Å². The molecule has 0 saturated carbocycles. The largest absolute Gasteiger partial charge is 0.350 e. The molecule has 0 aliphatic carbocycles. The Morgan fingerprint density at radius 3 is 2.76 bits per heavy atom. The maximum Gasteiger partial charge on any atom is 0.350 e. The van der Waals surface area contributed by atoms with Gasteiger partial charge in [0.1, 0.15) is 0 Å². The van der Waals surface area contributed by atoms with Crippen LogP contribution in [0, 0.1) is 5.92 Å². The number of fused-ring (bicyclic) bond motifs is 1. The molecule has 2 rings (SSSR count). The van der Waals surface area contributed by atoms with Gasteiger partial charge in [0.25, 0.3) is 0 Å². The average Bonchev–Trinajstić information content (AvgIpc) is 2.63. The topological polar surface area (TPSA) is 51.3 Å². The number of rotatable bonds is 4. The fraction of sp³-hybridized carbons (Fsp3) is 0.500. The van der Waals surface area contributed by atoms with Crippen LogP contribution >= 0.6 is 0 Å². The Kier molecular flexibility index (Phi) is 3.28. The summed E-state index contributed by atoms with van der Waals surface area (Å²) in [6, 6.07) is 5.79. The molecule has 0 amide bonds. The van der Waals surface area contributed by atoms with E-state index in [9.17, 15) is 4.79 Å². The smallest absolute Gasteiger partial charge is 0.315 e. The molecular weight excluding hydrogens is 216 g/mol. The van der Waals surface area contributed by atoms with Crippen molar-refractivity contribution < 1.29 is 0 Å². The Labute approximate surface area is 100 Å². The zero-order chi connectivity index (χ0) is 12.4. The highest BCUT2D eigenvalue weighted by Crippen LogP contribution is 2.03. The lowest BCUT2D eigenvalue weighted by atomic mass is 10.1. The third kappa shape index (κ3) is 2.24. The molecule has 0 spiro atoms. The summed E-state index contributed by atoms with van der Waals surface area (Å²) in [5, 5.41) is 7.52. The Morgan fingerprint density at radius 1 is 1.41 bits per heavy atom. The summed E-state index contributed by atoms with van der Waals surface area (Å²) in [4.78, 5) is 12.0. The Hall–Kier alpha value is -1.62. The Balaban J connectivity index is 2.36. The van der Waals surface area contributed by atoms with Crippen molar-refractivity contribution in [1.82, 2.24) is 19.5 Å². The molecule has 0 bridgehead atoms. The van der Waals surface area contributed by atoms with E-state index in [2.05, 4.69) is 24.3 Å². The fourth-order valence-electron chi connectivity index (χ4n) is 1.91. The second kappa shape index (κ2) is 4.71. The van der Waals surface area contributed by atoms with Crippen LogP contribution < -0.4 is 11.0 Å². The van der Waals surface area contributed by atoms with Crippen LogP contribution in [0.3, 0.4) is 0 Å². The van der Waals surface area contributed by atoms with Crippen molar-refractivity contribution in [1.29, 1.82) is 0 Å². The molecule has 0 saturated heterocycles. The van der Waals surface area contributed by atoms with Gasteiger partial charge in [-0.05, 0) is 25.1 Å². The monoisotopic (exact) mass is 234 g/mol. The molecule has 2 aromatic rings. The lowest BCUT2D eigenvalue weighted by Gasteiger charge is -2.19. The van der Waals surface area contributed by atoms with Gasteiger partial charge in [0.05, 0.1) is 6.54 Å². The summed E-state index contributed by atoms with van der Waals surface area (Å²) in [6.45, 7) is 4.85. The number of hydrogen-bond donors (Lipinski definition) is 1. The van der Waals surface area contributed by atoms with Crippen molar-refractivity contribution in [2.75, 3.05) is 7.05 Å². The molecule has 0 fully saturated rings. The van der Waals surface area contributed by atoms with E-state index in [1.807, 2.05) is 25.2 Å². The SMILES string of the molecule is CNC(Cn1nc2ccccn2c1=O)C(C)C. The predicted octanol–water partition coefficient (Wildman–Crippen LogP) is 0.740. The van der Waals surface area contributed by atoms with Crippen LogP contribution in [0.1, 0.15) is 13.8 Å². The van der Waals surface area contributed by atoms with Crippen molar-refractivity contribution >= 4 is 5.65 Å². The van der Waals surface area contributed by atoms with Gasteiger partial charge in [-0.25, -0.2) is 9.48 Å². The van der Waals surface area contributed by atoms with Crippen LogP contribution in [0.2, 0.25) is 0 Å². The van der Waals surface area contributed by atoms with Gasteiger partial charge in [-0.15, -0.1) is 5.10 Å². The predicted molar refractivity (Wildman–Crippen MR) is 67.1 cm³/mol. The van der Waals surface area contributed by atoms with E-state index in [4.69, 9.17) is 0 Å². The van der Waals surface area contributed by atoms with Crippen LogP contribution in [0.25, 0.3) is 5.65 Å². The van der Waals surface area contributed by atoms with Gasteiger partial charge in [0.2, 0.25) is 0 Å². The number of aromatic nitrogens is 3. The molecule has 0 aliphatic heterocycles. The van der Waals surface area contributed by atoms with E-state index in [1.54, 1.807) is 10.6 Å². The van der Waals surface area contributed by atoms with Gasteiger partial charge in [0, 0.05) is 12.2 Å². The van der Waals surface area contributed by atoms with Crippen LogP contribution in [-0.4, -0.2) is 27.3 Å². The minimum Gasteiger partial charge on any atom is -0.315 e. The number of likely N-dealkylation sites (N-methyl/N-ethyl adjacent to an activating group) is 1. The summed E-state index contributed by atoms with van der Waals surface area (Å²) in [5.41, 5.74) is 0.609. The third-order valence-electron chi connectivity index (χ3n) is 3.03. The summed E-state index contributed by atoms with van der Waals surface area (Å²) >= 11 is 0. The number of nitrogens with zero attached hydrogens (tertiary/aromatic N) is 3. The second-order valence-corrected chi connectivity index (χ2v) is 4.53.